The molecule has 0 aromatic heterocycles. The lowest BCUT2D eigenvalue weighted by molar-refractivity contribution is 0.0945. The molecule has 2 aromatic rings. The van der Waals surface area contributed by atoms with Crippen molar-refractivity contribution in [3.63, 3.8) is 0 Å². The van der Waals surface area contributed by atoms with E-state index in [2.05, 4.69) is 0 Å². The molecule has 10 heteroatoms. The molecule has 23 heavy (non-hydrogen) atoms. The first-order valence-corrected chi connectivity index (χ1v) is 8.54. The molecule has 122 valence electrons. The molecule has 1 amide bonds. The molecule has 0 bridgehead atoms. The lowest BCUT2D eigenvalue weighted by Crippen LogP contribution is -2.41. The van der Waals surface area contributed by atoms with Crippen molar-refractivity contribution < 1.29 is 17.6 Å². The number of hydrazine groups is 1. The maximum Gasteiger partial charge on any atom is 0.267 e. The van der Waals surface area contributed by atoms with Crippen LogP contribution in [0.1, 0.15) is 10.4 Å². The van der Waals surface area contributed by atoms with E-state index in [0.717, 1.165) is 12.1 Å². The highest BCUT2D eigenvalue weighted by Crippen LogP contribution is 2.21. The van der Waals surface area contributed by atoms with Crippen molar-refractivity contribution in [1.82, 2.24) is 10.3 Å². The fraction of sp³-hybridized carbons (Fsp3) is 0. The quantitative estimate of drug-likeness (QED) is 0.776. The second-order valence-corrected chi connectivity index (χ2v) is 7.19. The molecule has 0 aliphatic rings. The van der Waals surface area contributed by atoms with Crippen LogP contribution in [0.15, 0.2) is 41.3 Å². The smallest absolute Gasteiger partial charge is 0.267 e. The molecule has 0 aliphatic heterocycles. The Morgan fingerprint density at radius 1 is 1.00 bits per heavy atom. The van der Waals surface area contributed by atoms with E-state index >= 15 is 0 Å². The molecule has 0 saturated carbocycles. The average molecular weight is 398 g/mol. The fourth-order valence-corrected chi connectivity index (χ4v) is 3.03. The fourth-order valence-electron chi connectivity index (χ4n) is 1.60. The summed E-state index contributed by atoms with van der Waals surface area (Å²) in [7, 11) is -4.33. The zero-order chi connectivity index (χ0) is 17.2. The van der Waals surface area contributed by atoms with Crippen LogP contribution in [0, 0.1) is 5.82 Å². The van der Waals surface area contributed by atoms with Crippen LogP contribution in [-0.2, 0) is 10.0 Å². The Balaban J connectivity index is 2.19. The normalized spacial score (nSPS) is 11.3. The van der Waals surface area contributed by atoms with Crippen molar-refractivity contribution in [2.45, 2.75) is 4.90 Å². The summed E-state index contributed by atoms with van der Waals surface area (Å²) in [5, 5.41) is 0.353. The van der Waals surface area contributed by atoms with Crippen LogP contribution in [-0.4, -0.2) is 14.3 Å². The summed E-state index contributed by atoms with van der Waals surface area (Å²) in [4.78, 5) is 13.0. The summed E-state index contributed by atoms with van der Waals surface area (Å²) in [6, 6.07) is 7.12. The van der Waals surface area contributed by atoms with Crippen LogP contribution in [0.2, 0.25) is 15.1 Å². The highest BCUT2D eigenvalue weighted by molar-refractivity contribution is 7.89. The molecule has 0 spiro atoms. The lowest BCUT2D eigenvalue weighted by atomic mass is 10.2. The van der Waals surface area contributed by atoms with Gasteiger partial charge in [0.05, 0.1) is 10.6 Å². The Hall–Kier alpha value is -1.38. The van der Waals surface area contributed by atoms with E-state index in [-0.39, 0.29) is 20.6 Å². The summed E-state index contributed by atoms with van der Waals surface area (Å²) in [6.07, 6.45) is 0. The van der Waals surface area contributed by atoms with Crippen molar-refractivity contribution in [3.05, 3.63) is 62.8 Å². The number of rotatable bonds is 4. The first kappa shape index (κ1) is 18.0. The summed E-state index contributed by atoms with van der Waals surface area (Å²) in [5.74, 6) is -1.91. The van der Waals surface area contributed by atoms with Crippen LogP contribution in [0.4, 0.5) is 4.39 Å². The van der Waals surface area contributed by atoms with Gasteiger partial charge in [0.2, 0.25) is 0 Å². The Bertz CT molecular complexity index is 875. The van der Waals surface area contributed by atoms with E-state index < -0.39 is 26.6 Å². The lowest BCUT2D eigenvalue weighted by Gasteiger charge is -2.10. The van der Waals surface area contributed by atoms with Gasteiger partial charge in [-0.25, -0.2) is 12.8 Å². The van der Waals surface area contributed by atoms with Gasteiger partial charge in [0.1, 0.15) is 10.7 Å². The Kier molecular flexibility index (Phi) is 5.49. The summed E-state index contributed by atoms with van der Waals surface area (Å²) in [6.45, 7) is 0. The van der Waals surface area contributed by atoms with Gasteiger partial charge in [0.25, 0.3) is 15.9 Å². The molecule has 2 N–H and O–H groups in total. The number of nitrogens with one attached hydrogen (secondary N) is 2. The van der Waals surface area contributed by atoms with Crippen LogP contribution >= 0.6 is 34.8 Å². The number of benzene rings is 2. The monoisotopic (exact) mass is 396 g/mol. The van der Waals surface area contributed by atoms with Gasteiger partial charge < -0.3 is 0 Å². The van der Waals surface area contributed by atoms with Crippen molar-refractivity contribution >= 4 is 50.7 Å². The van der Waals surface area contributed by atoms with E-state index in [1.807, 2.05) is 5.43 Å². The van der Waals surface area contributed by atoms with Crippen LogP contribution in [0.5, 0.6) is 0 Å². The second kappa shape index (κ2) is 7.02. The third-order valence-corrected chi connectivity index (χ3v) is 4.74. The zero-order valence-electron chi connectivity index (χ0n) is 11.1. The van der Waals surface area contributed by atoms with Crippen LogP contribution in [0.25, 0.3) is 0 Å². The zero-order valence-corrected chi connectivity index (χ0v) is 14.2. The molecule has 0 saturated heterocycles. The Morgan fingerprint density at radius 2 is 1.61 bits per heavy atom. The molecule has 0 atom stereocenters. The highest BCUT2D eigenvalue weighted by Gasteiger charge is 2.21. The molecule has 0 unspecified atom stereocenters. The molecule has 2 rings (SSSR count). The molecule has 0 radical (unpaired) electrons. The van der Waals surface area contributed by atoms with Crippen LogP contribution < -0.4 is 10.3 Å². The standard InChI is InChI=1S/C13H8Cl3FN2O3S/c14-7-1-3-10(16)9(5-7)13(20)18-19-23(21,22)12-4-2-8(15)6-11(12)17/h1-6,19H,(H,18,20). The maximum absolute atomic E-state index is 13.7. The molecule has 2 aromatic carbocycles. The summed E-state index contributed by atoms with van der Waals surface area (Å²) in [5.41, 5.74) is 1.88. The SMILES string of the molecule is O=C(NNS(=O)(=O)c1ccc(Cl)cc1F)c1cc(Cl)ccc1Cl. The number of hydrogen-bond donors (Lipinski definition) is 2. The second-order valence-electron chi connectivity index (χ2n) is 4.26. The summed E-state index contributed by atoms with van der Waals surface area (Å²) < 4.78 is 37.6. The number of carbonyl (C=O) groups is 1. The van der Waals surface area contributed by atoms with Gasteiger partial charge >= 0.3 is 0 Å². The summed E-state index contributed by atoms with van der Waals surface area (Å²) >= 11 is 17.1. The average Bonchev–Trinajstić information content (AvgIpc) is 2.47. The molecule has 0 fully saturated rings. The van der Waals surface area contributed by atoms with Crippen molar-refractivity contribution in [2.75, 3.05) is 0 Å². The first-order valence-electron chi connectivity index (χ1n) is 5.93. The minimum absolute atomic E-state index is 0.0381. The number of amides is 1. The van der Waals surface area contributed by atoms with E-state index in [1.165, 1.54) is 24.3 Å². The van der Waals surface area contributed by atoms with Gasteiger partial charge in [-0.15, -0.1) is 4.83 Å². The van der Waals surface area contributed by atoms with Gasteiger partial charge in [-0.05, 0) is 36.4 Å². The van der Waals surface area contributed by atoms with Gasteiger partial charge in [-0.2, -0.15) is 0 Å². The Morgan fingerprint density at radius 3 is 2.26 bits per heavy atom. The van der Waals surface area contributed by atoms with Crippen molar-refractivity contribution in [3.8, 4) is 0 Å². The number of halogens is 4. The third kappa shape index (κ3) is 4.33. The molecule has 0 aliphatic carbocycles. The predicted molar refractivity (Wildman–Crippen MR) is 85.7 cm³/mol. The predicted octanol–water partition coefficient (Wildman–Crippen LogP) is 3.41. The third-order valence-electron chi connectivity index (χ3n) is 2.66. The topological polar surface area (TPSA) is 75.3 Å². The maximum atomic E-state index is 13.7. The first-order chi connectivity index (χ1) is 10.7. The van der Waals surface area contributed by atoms with Gasteiger partial charge in [-0.3, -0.25) is 10.2 Å². The minimum atomic E-state index is -4.33. The number of sulfonamides is 1. The molecular formula is C13H8Cl3FN2O3S. The van der Waals surface area contributed by atoms with E-state index in [0.29, 0.717) is 0 Å². The molecule has 5 nitrogen and oxygen atoms in total. The van der Waals surface area contributed by atoms with Crippen molar-refractivity contribution in [2.24, 2.45) is 0 Å². The molecular weight excluding hydrogens is 390 g/mol. The molecule has 0 heterocycles. The largest absolute Gasteiger partial charge is 0.273 e. The van der Waals surface area contributed by atoms with Crippen molar-refractivity contribution in [1.29, 1.82) is 0 Å². The van der Waals surface area contributed by atoms with E-state index in [4.69, 9.17) is 34.8 Å². The van der Waals surface area contributed by atoms with Gasteiger partial charge in [-0.1, -0.05) is 34.8 Å². The van der Waals surface area contributed by atoms with Gasteiger partial charge in [0, 0.05) is 10.0 Å². The van der Waals surface area contributed by atoms with E-state index in [9.17, 15) is 17.6 Å². The number of hydrogen-bond acceptors (Lipinski definition) is 3. The number of carbonyl (C=O) groups excluding carboxylic acids is 1. The van der Waals surface area contributed by atoms with Gasteiger partial charge in [0.15, 0.2) is 0 Å². The highest BCUT2D eigenvalue weighted by atomic mass is 35.5. The minimum Gasteiger partial charge on any atom is -0.273 e. The van der Waals surface area contributed by atoms with Crippen LogP contribution in [0.3, 0.4) is 0 Å². The van der Waals surface area contributed by atoms with E-state index in [1.54, 1.807) is 4.83 Å². The Labute approximate surface area is 146 Å².